The Labute approximate surface area is 182 Å². The molecular formula is C22H22F3N5O2. The Hall–Kier alpha value is -3.69. The van der Waals surface area contributed by atoms with E-state index in [1.54, 1.807) is 24.3 Å². The molecule has 32 heavy (non-hydrogen) atoms. The first-order valence-corrected chi connectivity index (χ1v) is 9.84. The van der Waals surface area contributed by atoms with Crippen molar-refractivity contribution in [1.29, 1.82) is 0 Å². The summed E-state index contributed by atoms with van der Waals surface area (Å²) in [7, 11) is 0. The van der Waals surface area contributed by atoms with Crippen LogP contribution in [0.3, 0.4) is 0 Å². The Morgan fingerprint density at radius 1 is 1.03 bits per heavy atom. The van der Waals surface area contributed by atoms with Gasteiger partial charge in [-0.15, -0.1) is 0 Å². The van der Waals surface area contributed by atoms with E-state index in [0.717, 1.165) is 12.1 Å². The molecule has 0 radical (unpaired) electrons. The Balaban J connectivity index is 1.89. The summed E-state index contributed by atoms with van der Waals surface area (Å²) < 4.78 is 39.6. The van der Waals surface area contributed by atoms with Gasteiger partial charge in [0.15, 0.2) is 5.82 Å². The number of halogens is 3. The second-order valence-electron chi connectivity index (χ2n) is 7.50. The highest BCUT2D eigenvalue weighted by Gasteiger charge is 2.34. The van der Waals surface area contributed by atoms with Gasteiger partial charge in [0, 0.05) is 5.39 Å². The van der Waals surface area contributed by atoms with Crippen LogP contribution in [0.5, 0.6) is 0 Å². The quantitative estimate of drug-likeness (QED) is 0.516. The van der Waals surface area contributed by atoms with Crippen LogP contribution in [-0.4, -0.2) is 27.8 Å². The van der Waals surface area contributed by atoms with E-state index >= 15 is 0 Å². The first kappa shape index (κ1) is 23.0. The summed E-state index contributed by atoms with van der Waals surface area (Å²) in [5.74, 6) is -1.07. The monoisotopic (exact) mass is 445 g/mol. The number of aromatic nitrogens is 2. The van der Waals surface area contributed by atoms with Gasteiger partial charge in [-0.05, 0) is 30.2 Å². The molecule has 0 saturated heterocycles. The van der Waals surface area contributed by atoms with Crippen molar-refractivity contribution in [3.63, 3.8) is 0 Å². The largest absolute Gasteiger partial charge is 0.417 e. The summed E-state index contributed by atoms with van der Waals surface area (Å²) in [5, 5.41) is 6.09. The van der Waals surface area contributed by atoms with Crippen LogP contribution in [0.4, 0.5) is 19.0 Å². The molecule has 2 amide bonds. The molecule has 1 atom stereocenters. The average Bonchev–Trinajstić information content (AvgIpc) is 2.74. The number of amides is 2. The van der Waals surface area contributed by atoms with Gasteiger partial charge in [0.05, 0.1) is 23.2 Å². The molecule has 0 saturated carbocycles. The number of benzene rings is 2. The molecule has 7 nitrogen and oxygen atoms in total. The molecule has 0 bridgehead atoms. The van der Waals surface area contributed by atoms with Gasteiger partial charge in [-0.2, -0.15) is 13.2 Å². The molecule has 0 spiro atoms. The number of nitrogens with two attached hydrogens (primary N) is 1. The smallest absolute Gasteiger partial charge is 0.368 e. The Morgan fingerprint density at radius 2 is 1.69 bits per heavy atom. The molecule has 168 valence electrons. The highest BCUT2D eigenvalue weighted by molar-refractivity contribution is 5.96. The lowest BCUT2D eigenvalue weighted by Gasteiger charge is -2.21. The number of carbonyl (C=O) groups is 2. The van der Waals surface area contributed by atoms with Crippen LogP contribution in [-0.2, 0) is 17.5 Å². The summed E-state index contributed by atoms with van der Waals surface area (Å²) in [6, 6.07) is 10.8. The third-order valence-corrected chi connectivity index (χ3v) is 4.80. The van der Waals surface area contributed by atoms with Crippen molar-refractivity contribution in [1.82, 2.24) is 15.3 Å². The van der Waals surface area contributed by atoms with Gasteiger partial charge in [0.2, 0.25) is 5.91 Å². The average molecular weight is 445 g/mol. The maximum absolute atomic E-state index is 13.2. The normalized spacial score (nSPS) is 12.6. The maximum Gasteiger partial charge on any atom is 0.417 e. The zero-order valence-electron chi connectivity index (χ0n) is 17.4. The van der Waals surface area contributed by atoms with Crippen molar-refractivity contribution in [2.75, 3.05) is 5.32 Å². The van der Waals surface area contributed by atoms with Crippen LogP contribution in [0.15, 0.2) is 48.5 Å². The first-order chi connectivity index (χ1) is 15.1. The maximum atomic E-state index is 13.2. The minimum absolute atomic E-state index is 0.122. The number of para-hydroxylation sites is 1. The highest BCUT2D eigenvalue weighted by Crippen LogP contribution is 2.31. The molecule has 0 aliphatic carbocycles. The Bertz CT molecular complexity index is 1150. The van der Waals surface area contributed by atoms with Crippen LogP contribution in [0.1, 0.15) is 35.6 Å². The highest BCUT2D eigenvalue weighted by atomic mass is 19.4. The van der Waals surface area contributed by atoms with Crippen LogP contribution < -0.4 is 16.4 Å². The SMILES string of the molecule is CC(C)[C@H](Nc1nc(CNC(=O)c2ccccc2C(F)(F)F)nc2ccccc12)C(N)=O. The van der Waals surface area contributed by atoms with Gasteiger partial charge in [-0.1, -0.05) is 38.1 Å². The van der Waals surface area contributed by atoms with Crippen LogP contribution in [0, 0.1) is 5.92 Å². The second-order valence-corrected chi connectivity index (χ2v) is 7.50. The number of anilines is 1. The van der Waals surface area contributed by atoms with Crippen molar-refractivity contribution in [3.8, 4) is 0 Å². The van der Waals surface area contributed by atoms with E-state index in [1.807, 2.05) is 13.8 Å². The van der Waals surface area contributed by atoms with E-state index in [0.29, 0.717) is 16.7 Å². The van der Waals surface area contributed by atoms with Gasteiger partial charge in [0.25, 0.3) is 5.91 Å². The topological polar surface area (TPSA) is 110 Å². The number of primary amides is 1. The molecule has 10 heteroatoms. The zero-order valence-corrected chi connectivity index (χ0v) is 17.4. The fraction of sp³-hybridized carbons (Fsp3) is 0.273. The molecule has 0 aliphatic heterocycles. The van der Waals surface area contributed by atoms with Gasteiger partial charge < -0.3 is 16.4 Å². The van der Waals surface area contributed by atoms with E-state index in [9.17, 15) is 22.8 Å². The van der Waals surface area contributed by atoms with Gasteiger partial charge in [-0.3, -0.25) is 9.59 Å². The van der Waals surface area contributed by atoms with Crippen molar-refractivity contribution >= 4 is 28.5 Å². The zero-order chi connectivity index (χ0) is 23.5. The predicted octanol–water partition coefficient (Wildman–Crippen LogP) is 3.50. The molecule has 0 fully saturated rings. The molecule has 0 aliphatic rings. The van der Waals surface area contributed by atoms with Crippen LogP contribution in [0.2, 0.25) is 0 Å². The van der Waals surface area contributed by atoms with Crippen molar-refractivity contribution in [3.05, 3.63) is 65.5 Å². The van der Waals surface area contributed by atoms with E-state index in [2.05, 4.69) is 20.6 Å². The van der Waals surface area contributed by atoms with Crippen LogP contribution >= 0.6 is 0 Å². The Morgan fingerprint density at radius 3 is 2.34 bits per heavy atom. The fourth-order valence-corrected chi connectivity index (χ4v) is 3.21. The number of fused-ring (bicyclic) bond motifs is 1. The van der Waals surface area contributed by atoms with Crippen molar-refractivity contribution in [2.45, 2.75) is 32.6 Å². The number of nitrogens with one attached hydrogen (secondary N) is 2. The second kappa shape index (κ2) is 9.21. The number of hydrogen-bond acceptors (Lipinski definition) is 5. The lowest BCUT2D eigenvalue weighted by molar-refractivity contribution is -0.138. The van der Waals surface area contributed by atoms with Crippen molar-refractivity contribution < 1.29 is 22.8 Å². The van der Waals surface area contributed by atoms with Gasteiger partial charge >= 0.3 is 6.18 Å². The molecule has 3 rings (SSSR count). The number of carbonyl (C=O) groups excluding carboxylic acids is 2. The lowest BCUT2D eigenvalue weighted by atomic mass is 10.0. The summed E-state index contributed by atoms with van der Waals surface area (Å²) in [5.41, 5.74) is 4.50. The Kier molecular flexibility index (Phi) is 6.61. The summed E-state index contributed by atoms with van der Waals surface area (Å²) in [4.78, 5) is 33.0. The fourth-order valence-electron chi connectivity index (χ4n) is 3.21. The first-order valence-electron chi connectivity index (χ1n) is 9.84. The third kappa shape index (κ3) is 5.13. The summed E-state index contributed by atoms with van der Waals surface area (Å²) in [6.45, 7) is 3.43. The van der Waals surface area contributed by atoms with E-state index in [-0.39, 0.29) is 18.3 Å². The molecule has 3 aromatic rings. The molecule has 1 aromatic heterocycles. The van der Waals surface area contributed by atoms with E-state index < -0.39 is 35.2 Å². The molecule has 4 N–H and O–H groups in total. The van der Waals surface area contributed by atoms with E-state index in [4.69, 9.17) is 5.73 Å². The third-order valence-electron chi connectivity index (χ3n) is 4.80. The molecular weight excluding hydrogens is 423 g/mol. The number of hydrogen-bond donors (Lipinski definition) is 3. The standard InChI is InChI=1S/C22H22F3N5O2/c1-12(2)18(19(26)31)30-20-14-8-4-6-10-16(14)28-17(29-20)11-27-21(32)13-7-3-5-9-15(13)22(23,24)25/h3-10,12,18H,11H2,1-2H3,(H2,26,31)(H,27,32)(H,28,29,30)/t18-/m0/s1. The van der Waals surface area contributed by atoms with Crippen LogP contribution in [0.25, 0.3) is 10.9 Å². The number of nitrogens with zero attached hydrogens (tertiary/aromatic N) is 2. The molecule has 0 unspecified atom stereocenters. The van der Waals surface area contributed by atoms with Gasteiger partial charge in [0.1, 0.15) is 11.9 Å². The van der Waals surface area contributed by atoms with Crippen molar-refractivity contribution in [2.24, 2.45) is 11.7 Å². The van der Waals surface area contributed by atoms with Gasteiger partial charge in [-0.25, -0.2) is 9.97 Å². The lowest BCUT2D eigenvalue weighted by Crippen LogP contribution is -2.40. The molecule has 2 aromatic carbocycles. The summed E-state index contributed by atoms with van der Waals surface area (Å²) in [6.07, 6.45) is -4.66. The number of alkyl halides is 3. The predicted molar refractivity (Wildman–Crippen MR) is 114 cm³/mol. The minimum atomic E-state index is -4.66. The minimum Gasteiger partial charge on any atom is -0.368 e. The van der Waals surface area contributed by atoms with E-state index in [1.165, 1.54) is 12.1 Å². The number of rotatable bonds is 7. The molecule has 1 heterocycles. The summed E-state index contributed by atoms with van der Waals surface area (Å²) >= 11 is 0.